The first-order valence-corrected chi connectivity index (χ1v) is 12.1. The van der Waals surface area contributed by atoms with Gasteiger partial charge in [0.1, 0.15) is 5.75 Å². The van der Waals surface area contributed by atoms with Crippen molar-refractivity contribution in [3.63, 3.8) is 0 Å². The van der Waals surface area contributed by atoms with Crippen LogP contribution in [0.25, 0.3) is 0 Å². The molecule has 0 radical (unpaired) electrons. The molecule has 1 amide bonds. The lowest BCUT2D eigenvalue weighted by Gasteiger charge is -2.13. The summed E-state index contributed by atoms with van der Waals surface area (Å²) in [7, 11) is -3.88. The Hall–Kier alpha value is -3.46. The van der Waals surface area contributed by atoms with Crippen molar-refractivity contribution in [3.05, 3.63) is 71.5 Å². The Bertz CT molecular complexity index is 1210. The SMILES string of the molecule is Cc1cc(C)nc(NS(=O)(=O)c2ccc(NC(=O)c3ccccc3OCCC(C)C)cc2)n1. The van der Waals surface area contributed by atoms with Gasteiger partial charge in [-0.1, -0.05) is 26.0 Å². The predicted octanol–water partition coefficient (Wildman–Crippen LogP) is 4.57. The van der Waals surface area contributed by atoms with Crippen LogP contribution < -0.4 is 14.8 Å². The number of benzene rings is 2. The minimum Gasteiger partial charge on any atom is -0.493 e. The van der Waals surface area contributed by atoms with E-state index in [1.54, 1.807) is 38.1 Å². The smallest absolute Gasteiger partial charge is 0.264 e. The molecule has 174 valence electrons. The highest BCUT2D eigenvalue weighted by atomic mass is 32.2. The molecule has 2 N–H and O–H groups in total. The van der Waals surface area contributed by atoms with Crippen molar-refractivity contribution in [1.82, 2.24) is 9.97 Å². The fourth-order valence-corrected chi connectivity index (χ4v) is 4.00. The lowest BCUT2D eigenvalue weighted by molar-refractivity contribution is 0.102. The lowest BCUT2D eigenvalue weighted by Crippen LogP contribution is -2.16. The number of nitrogens with one attached hydrogen (secondary N) is 2. The Morgan fingerprint density at radius 2 is 1.64 bits per heavy atom. The quantitative estimate of drug-likeness (QED) is 0.476. The Balaban J connectivity index is 1.70. The van der Waals surface area contributed by atoms with Gasteiger partial charge in [0.05, 0.1) is 17.1 Å². The predicted molar refractivity (Wildman–Crippen MR) is 128 cm³/mol. The first-order chi connectivity index (χ1) is 15.6. The van der Waals surface area contributed by atoms with Gasteiger partial charge in [-0.15, -0.1) is 0 Å². The molecule has 2 aromatic carbocycles. The van der Waals surface area contributed by atoms with Gasteiger partial charge in [0.25, 0.3) is 15.9 Å². The second-order valence-corrected chi connectivity index (χ2v) is 9.77. The minimum absolute atomic E-state index is 0.0129. The van der Waals surface area contributed by atoms with Crippen molar-refractivity contribution in [3.8, 4) is 5.75 Å². The number of ether oxygens (including phenoxy) is 1. The van der Waals surface area contributed by atoms with Gasteiger partial charge in [-0.2, -0.15) is 0 Å². The number of aryl methyl sites for hydroxylation is 2. The number of carbonyl (C=O) groups is 1. The summed E-state index contributed by atoms with van der Waals surface area (Å²) in [5.41, 5.74) is 2.18. The van der Waals surface area contributed by atoms with E-state index in [9.17, 15) is 13.2 Å². The van der Waals surface area contributed by atoms with Crippen LogP contribution in [-0.2, 0) is 10.0 Å². The zero-order valence-electron chi connectivity index (χ0n) is 19.1. The van der Waals surface area contributed by atoms with Gasteiger partial charge in [-0.3, -0.25) is 4.79 Å². The Morgan fingerprint density at radius 1 is 1.00 bits per heavy atom. The van der Waals surface area contributed by atoms with Gasteiger partial charge >= 0.3 is 0 Å². The number of aromatic nitrogens is 2. The molecule has 0 spiro atoms. The number of hydrogen-bond acceptors (Lipinski definition) is 6. The molecule has 3 rings (SSSR count). The molecule has 3 aromatic rings. The third-order valence-electron chi connectivity index (χ3n) is 4.71. The number of hydrogen-bond donors (Lipinski definition) is 2. The van der Waals surface area contributed by atoms with Gasteiger partial charge in [0.15, 0.2) is 0 Å². The molecule has 9 heteroatoms. The van der Waals surface area contributed by atoms with E-state index in [-0.39, 0.29) is 16.8 Å². The Kier molecular flexibility index (Phi) is 7.65. The topological polar surface area (TPSA) is 110 Å². The maximum Gasteiger partial charge on any atom is 0.264 e. The third-order valence-corrected chi connectivity index (χ3v) is 6.06. The second-order valence-electron chi connectivity index (χ2n) is 8.09. The molecule has 0 bridgehead atoms. The van der Waals surface area contributed by atoms with Crippen LogP contribution in [0.5, 0.6) is 5.75 Å². The molecular weight excluding hydrogens is 440 g/mol. The van der Waals surface area contributed by atoms with Crippen LogP contribution in [0.3, 0.4) is 0 Å². The van der Waals surface area contributed by atoms with Crippen LogP contribution in [0.15, 0.2) is 59.5 Å². The van der Waals surface area contributed by atoms with Crippen LogP contribution in [0.1, 0.15) is 42.0 Å². The monoisotopic (exact) mass is 468 g/mol. The zero-order valence-corrected chi connectivity index (χ0v) is 19.9. The van der Waals surface area contributed by atoms with Crippen molar-refractivity contribution >= 4 is 27.6 Å². The van der Waals surface area contributed by atoms with E-state index in [0.717, 1.165) is 6.42 Å². The molecule has 1 aromatic heterocycles. The number of amides is 1. The zero-order chi connectivity index (χ0) is 24.0. The summed E-state index contributed by atoms with van der Waals surface area (Å²) in [6.45, 7) is 8.26. The summed E-state index contributed by atoms with van der Waals surface area (Å²) in [6, 6.07) is 14.6. The Labute approximate surface area is 194 Å². The number of carbonyl (C=O) groups excluding carboxylic acids is 1. The molecule has 0 saturated carbocycles. The molecule has 1 heterocycles. The second kappa shape index (κ2) is 10.4. The highest BCUT2D eigenvalue weighted by molar-refractivity contribution is 7.92. The van der Waals surface area contributed by atoms with Crippen LogP contribution in [0, 0.1) is 19.8 Å². The highest BCUT2D eigenvalue weighted by Crippen LogP contribution is 2.22. The average Bonchev–Trinajstić information content (AvgIpc) is 2.73. The molecule has 33 heavy (non-hydrogen) atoms. The molecular formula is C24H28N4O4S. The van der Waals surface area contributed by atoms with Gasteiger partial charge in [-0.05, 0) is 68.7 Å². The molecule has 0 aliphatic rings. The van der Waals surface area contributed by atoms with E-state index in [0.29, 0.717) is 40.9 Å². The molecule has 0 unspecified atom stereocenters. The van der Waals surface area contributed by atoms with E-state index in [1.807, 2.05) is 6.07 Å². The summed E-state index contributed by atoms with van der Waals surface area (Å²) >= 11 is 0. The molecule has 0 aliphatic heterocycles. The van der Waals surface area contributed by atoms with E-state index in [1.165, 1.54) is 24.3 Å². The van der Waals surface area contributed by atoms with Crippen molar-refractivity contribution in [2.45, 2.75) is 39.0 Å². The van der Waals surface area contributed by atoms with Gasteiger partial charge in [-0.25, -0.2) is 23.1 Å². The van der Waals surface area contributed by atoms with Gasteiger partial charge in [0.2, 0.25) is 5.95 Å². The first kappa shape index (κ1) is 24.2. The minimum atomic E-state index is -3.88. The summed E-state index contributed by atoms with van der Waals surface area (Å²) in [4.78, 5) is 21.0. The summed E-state index contributed by atoms with van der Waals surface area (Å²) in [6.07, 6.45) is 0.882. The maximum absolute atomic E-state index is 12.8. The van der Waals surface area contributed by atoms with E-state index >= 15 is 0 Å². The van der Waals surface area contributed by atoms with Crippen molar-refractivity contribution in [2.75, 3.05) is 16.6 Å². The largest absolute Gasteiger partial charge is 0.493 e. The normalized spacial score (nSPS) is 11.3. The summed E-state index contributed by atoms with van der Waals surface area (Å²) in [5, 5.41) is 2.78. The average molecular weight is 469 g/mol. The van der Waals surface area contributed by atoms with Crippen LogP contribution in [0.2, 0.25) is 0 Å². The van der Waals surface area contributed by atoms with Gasteiger partial charge < -0.3 is 10.1 Å². The van der Waals surface area contributed by atoms with Crippen molar-refractivity contribution in [2.24, 2.45) is 5.92 Å². The number of para-hydroxylation sites is 1. The maximum atomic E-state index is 12.8. The molecule has 0 saturated heterocycles. The molecule has 0 aliphatic carbocycles. The fourth-order valence-electron chi connectivity index (χ4n) is 3.05. The fraction of sp³-hybridized carbons (Fsp3) is 0.292. The van der Waals surface area contributed by atoms with Gasteiger partial charge in [0, 0.05) is 17.1 Å². The van der Waals surface area contributed by atoms with Crippen LogP contribution in [0.4, 0.5) is 11.6 Å². The highest BCUT2D eigenvalue weighted by Gasteiger charge is 2.17. The summed E-state index contributed by atoms with van der Waals surface area (Å²) in [5.74, 6) is 0.677. The summed E-state index contributed by atoms with van der Waals surface area (Å²) < 4.78 is 33.5. The van der Waals surface area contributed by atoms with Crippen molar-refractivity contribution in [1.29, 1.82) is 0 Å². The standard InChI is InChI=1S/C24H28N4O4S/c1-16(2)13-14-32-22-8-6-5-7-21(22)23(29)27-19-9-11-20(12-10-19)33(30,31)28-24-25-17(3)15-18(4)26-24/h5-12,15-16H,13-14H2,1-4H3,(H,27,29)(H,25,26,28). The number of sulfonamides is 1. The lowest BCUT2D eigenvalue weighted by atomic mass is 10.1. The van der Waals surface area contributed by atoms with E-state index in [4.69, 9.17) is 4.74 Å². The molecule has 8 nitrogen and oxygen atoms in total. The molecule has 0 atom stereocenters. The third kappa shape index (κ3) is 6.76. The first-order valence-electron chi connectivity index (χ1n) is 10.6. The van der Waals surface area contributed by atoms with Crippen LogP contribution in [-0.4, -0.2) is 30.9 Å². The number of nitrogens with zero attached hydrogens (tertiary/aromatic N) is 2. The van der Waals surface area contributed by atoms with E-state index < -0.39 is 10.0 Å². The van der Waals surface area contributed by atoms with Crippen molar-refractivity contribution < 1.29 is 17.9 Å². The van der Waals surface area contributed by atoms with E-state index in [2.05, 4.69) is 33.9 Å². The Morgan fingerprint density at radius 3 is 2.27 bits per heavy atom. The number of anilines is 2. The molecule has 0 fully saturated rings. The number of rotatable bonds is 9. The van der Waals surface area contributed by atoms with Crippen LogP contribution >= 0.6 is 0 Å².